The van der Waals surface area contributed by atoms with E-state index in [9.17, 15) is 0 Å². The van der Waals surface area contributed by atoms with Gasteiger partial charge in [-0.25, -0.2) is 4.98 Å². The Morgan fingerprint density at radius 3 is 2.36 bits per heavy atom. The Kier molecular flexibility index (Phi) is 6.71. The monoisotopic (exact) mass is 300 g/mol. The van der Waals surface area contributed by atoms with Crippen molar-refractivity contribution in [2.24, 2.45) is 0 Å². The third-order valence-electron chi connectivity index (χ3n) is 3.35. The highest BCUT2D eigenvalue weighted by Gasteiger charge is 1.98. The van der Waals surface area contributed by atoms with Gasteiger partial charge in [-0.05, 0) is 29.7 Å². The van der Waals surface area contributed by atoms with E-state index in [0.717, 1.165) is 43.9 Å². The smallest absolute Gasteiger partial charge is 0.212 e. The quantitative estimate of drug-likeness (QED) is 0.719. The summed E-state index contributed by atoms with van der Waals surface area (Å²) in [6.45, 7) is 4.56. The van der Waals surface area contributed by atoms with Crippen molar-refractivity contribution >= 4 is 0 Å². The lowest BCUT2D eigenvalue weighted by Gasteiger charge is -2.08. The number of benzene rings is 1. The highest BCUT2D eigenvalue weighted by molar-refractivity contribution is 5.27. The van der Waals surface area contributed by atoms with Crippen molar-refractivity contribution in [2.75, 3.05) is 13.7 Å². The fraction of sp³-hybridized carbons (Fsp3) is 0.389. The van der Waals surface area contributed by atoms with Crippen LogP contribution in [0.3, 0.4) is 0 Å². The van der Waals surface area contributed by atoms with Crippen LogP contribution in [0.1, 0.15) is 30.9 Å². The van der Waals surface area contributed by atoms with Crippen molar-refractivity contribution < 1.29 is 9.47 Å². The number of aromatic nitrogens is 1. The summed E-state index contributed by atoms with van der Waals surface area (Å²) in [7, 11) is 1.62. The summed E-state index contributed by atoms with van der Waals surface area (Å²) in [5.74, 6) is 1.58. The molecule has 118 valence electrons. The van der Waals surface area contributed by atoms with E-state index in [-0.39, 0.29) is 0 Å². The van der Waals surface area contributed by atoms with Crippen LogP contribution in [0.4, 0.5) is 0 Å². The van der Waals surface area contributed by atoms with Gasteiger partial charge in [-0.15, -0.1) is 0 Å². The predicted octanol–water partition coefficient (Wildman–Crippen LogP) is 3.56. The van der Waals surface area contributed by atoms with Crippen LogP contribution >= 0.6 is 0 Å². The Morgan fingerprint density at radius 1 is 1.00 bits per heavy atom. The van der Waals surface area contributed by atoms with E-state index >= 15 is 0 Å². The lowest BCUT2D eigenvalue weighted by Crippen LogP contribution is -2.12. The van der Waals surface area contributed by atoms with Crippen LogP contribution in [0, 0.1) is 0 Å². The van der Waals surface area contributed by atoms with Crippen molar-refractivity contribution in [2.45, 2.75) is 32.9 Å². The maximum absolute atomic E-state index is 5.66. The van der Waals surface area contributed by atoms with Gasteiger partial charge >= 0.3 is 0 Å². The minimum absolute atomic E-state index is 0.641. The topological polar surface area (TPSA) is 43.4 Å². The van der Waals surface area contributed by atoms with Crippen molar-refractivity contribution in [3.05, 3.63) is 53.7 Å². The fourth-order valence-corrected chi connectivity index (χ4v) is 2.03. The molecule has 0 atom stereocenters. The van der Waals surface area contributed by atoms with Gasteiger partial charge in [-0.2, -0.15) is 0 Å². The molecule has 1 N–H and O–H groups in total. The van der Waals surface area contributed by atoms with Crippen LogP contribution in [-0.2, 0) is 13.1 Å². The van der Waals surface area contributed by atoms with Gasteiger partial charge in [-0.1, -0.05) is 31.5 Å². The van der Waals surface area contributed by atoms with Crippen molar-refractivity contribution in [3.8, 4) is 11.6 Å². The van der Waals surface area contributed by atoms with Crippen molar-refractivity contribution in [3.63, 3.8) is 0 Å². The van der Waals surface area contributed by atoms with Gasteiger partial charge in [0.25, 0.3) is 0 Å². The SMILES string of the molecule is CCCCOc1ccc(CNCc2ccc(OC)nc2)cc1. The third-order valence-corrected chi connectivity index (χ3v) is 3.35. The molecule has 0 spiro atoms. The van der Waals surface area contributed by atoms with E-state index in [1.807, 2.05) is 30.5 Å². The first-order valence-electron chi connectivity index (χ1n) is 7.73. The summed E-state index contributed by atoms with van der Waals surface area (Å²) in [5, 5.41) is 3.41. The largest absolute Gasteiger partial charge is 0.494 e. The number of hydrogen-bond acceptors (Lipinski definition) is 4. The summed E-state index contributed by atoms with van der Waals surface area (Å²) < 4.78 is 10.7. The molecular formula is C18H24N2O2. The molecule has 0 amide bonds. The zero-order valence-corrected chi connectivity index (χ0v) is 13.3. The molecule has 0 aliphatic heterocycles. The van der Waals surface area contributed by atoms with Crippen molar-refractivity contribution in [1.82, 2.24) is 10.3 Å². The molecule has 4 heteroatoms. The lowest BCUT2D eigenvalue weighted by molar-refractivity contribution is 0.309. The van der Waals surface area contributed by atoms with Crippen LogP contribution in [0.2, 0.25) is 0 Å². The fourth-order valence-electron chi connectivity index (χ4n) is 2.03. The maximum Gasteiger partial charge on any atom is 0.212 e. The number of nitrogens with zero attached hydrogens (tertiary/aromatic N) is 1. The minimum Gasteiger partial charge on any atom is -0.494 e. The molecule has 0 fully saturated rings. The van der Waals surface area contributed by atoms with Gasteiger partial charge < -0.3 is 14.8 Å². The minimum atomic E-state index is 0.641. The van der Waals surface area contributed by atoms with Gasteiger partial charge in [-0.3, -0.25) is 0 Å². The van der Waals surface area contributed by atoms with Crippen molar-refractivity contribution in [1.29, 1.82) is 0 Å². The average Bonchev–Trinajstić information content (AvgIpc) is 2.57. The Hall–Kier alpha value is -2.07. The van der Waals surface area contributed by atoms with Crippen LogP contribution < -0.4 is 14.8 Å². The number of unbranched alkanes of at least 4 members (excludes halogenated alkanes) is 1. The van der Waals surface area contributed by atoms with Crippen LogP contribution in [0.5, 0.6) is 11.6 Å². The second-order valence-electron chi connectivity index (χ2n) is 5.16. The Bertz CT molecular complexity index is 538. The number of methoxy groups -OCH3 is 1. The predicted molar refractivity (Wildman–Crippen MR) is 88.2 cm³/mol. The highest BCUT2D eigenvalue weighted by atomic mass is 16.5. The Balaban J connectivity index is 1.74. The zero-order chi connectivity index (χ0) is 15.6. The molecule has 0 unspecified atom stereocenters. The molecule has 4 nitrogen and oxygen atoms in total. The average molecular weight is 300 g/mol. The first-order chi connectivity index (χ1) is 10.8. The summed E-state index contributed by atoms with van der Waals surface area (Å²) in [4.78, 5) is 4.19. The Morgan fingerprint density at radius 2 is 1.73 bits per heavy atom. The van der Waals surface area contributed by atoms with Gasteiger partial charge in [0.1, 0.15) is 5.75 Å². The number of hydrogen-bond donors (Lipinski definition) is 1. The maximum atomic E-state index is 5.66. The van der Waals surface area contributed by atoms with E-state index in [1.54, 1.807) is 7.11 Å². The summed E-state index contributed by atoms with van der Waals surface area (Å²) in [6.07, 6.45) is 4.08. The molecule has 0 aliphatic rings. The molecule has 1 aromatic carbocycles. The van der Waals surface area contributed by atoms with Gasteiger partial charge in [0.2, 0.25) is 5.88 Å². The van der Waals surface area contributed by atoms with Crippen LogP contribution in [0.15, 0.2) is 42.6 Å². The number of ether oxygens (including phenoxy) is 2. The van der Waals surface area contributed by atoms with E-state index in [2.05, 4.69) is 29.4 Å². The molecular weight excluding hydrogens is 276 g/mol. The van der Waals surface area contributed by atoms with E-state index in [1.165, 1.54) is 5.56 Å². The molecule has 2 aromatic rings. The molecule has 2 rings (SSSR count). The zero-order valence-electron chi connectivity index (χ0n) is 13.3. The summed E-state index contributed by atoms with van der Waals surface area (Å²) >= 11 is 0. The molecule has 0 saturated heterocycles. The number of nitrogens with one attached hydrogen (secondary N) is 1. The molecule has 22 heavy (non-hydrogen) atoms. The van der Waals surface area contributed by atoms with Gasteiger partial charge in [0.15, 0.2) is 0 Å². The van der Waals surface area contributed by atoms with Gasteiger partial charge in [0.05, 0.1) is 13.7 Å². The first kappa shape index (κ1) is 16.3. The van der Waals surface area contributed by atoms with E-state index < -0.39 is 0 Å². The second-order valence-corrected chi connectivity index (χ2v) is 5.16. The third kappa shape index (κ3) is 5.37. The molecule has 0 radical (unpaired) electrons. The lowest BCUT2D eigenvalue weighted by atomic mass is 10.2. The molecule has 1 aromatic heterocycles. The summed E-state index contributed by atoms with van der Waals surface area (Å²) in [5.41, 5.74) is 2.38. The van der Waals surface area contributed by atoms with E-state index in [4.69, 9.17) is 9.47 Å². The standard InChI is InChI=1S/C18H24N2O2/c1-3-4-11-22-17-8-5-15(6-9-17)12-19-13-16-7-10-18(21-2)20-14-16/h5-10,14,19H,3-4,11-13H2,1-2H3. The molecule has 0 aliphatic carbocycles. The molecule has 1 heterocycles. The number of pyridine rings is 1. The first-order valence-corrected chi connectivity index (χ1v) is 7.73. The molecule has 0 bridgehead atoms. The van der Waals surface area contributed by atoms with Crippen LogP contribution in [-0.4, -0.2) is 18.7 Å². The Labute approximate surface area is 132 Å². The number of rotatable bonds is 9. The molecule has 0 saturated carbocycles. The second kappa shape index (κ2) is 9.05. The normalized spacial score (nSPS) is 10.5. The van der Waals surface area contributed by atoms with Crippen LogP contribution in [0.25, 0.3) is 0 Å². The summed E-state index contributed by atoms with van der Waals surface area (Å²) in [6, 6.07) is 12.1. The van der Waals surface area contributed by atoms with E-state index in [0.29, 0.717) is 5.88 Å². The highest BCUT2D eigenvalue weighted by Crippen LogP contribution is 2.13. The van der Waals surface area contributed by atoms with Gasteiger partial charge in [0, 0.05) is 25.4 Å².